The molecule has 2 aromatic heterocycles. The van der Waals surface area contributed by atoms with E-state index in [-0.39, 0.29) is 39.5 Å². The minimum absolute atomic E-state index is 0.00103. The molecule has 3 heterocycles. The van der Waals surface area contributed by atoms with E-state index in [4.69, 9.17) is 15.0 Å². The maximum atomic E-state index is 14.6. The molecule has 0 bridgehead atoms. The molecular weight excluding hydrogens is 405 g/mol. The summed E-state index contributed by atoms with van der Waals surface area (Å²) in [6, 6.07) is 7.51. The smallest absolute Gasteiger partial charge is 0.268 e. The van der Waals surface area contributed by atoms with E-state index in [1.807, 2.05) is 6.07 Å². The van der Waals surface area contributed by atoms with Gasteiger partial charge in [-0.2, -0.15) is 15.5 Å². The Balaban J connectivity index is 1.76. The number of benzene rings is 1. The van der Waals surface area contributed by atoms with Crippen molar-refractivity contribution in [3.63, 3.8) is 0 Å². The fourth-order valence-electron chi connectivity index (χ4n) is 3.36. The predicted octanol–water partition coefficient (Wildman–Crippen LogP) is 1.39. The van der Waals surface area contributed by atoms with Gasteiger partial charge in [0.2, 0.25) is 11.7 Å². The van der Waals surface area contributed by atoms with Gasteiger partial charge in [-0.15, -0.1) is 0 Å². The summed E-state index contributed by atoms with van der Waals surface area (Å²) in [5, 5.41) is 22.8. The van der Waals surface area contributed by atoms with E-state index in [2.05, 4.69) is 20.0 Å². The summed E-state index contributed by atoms with van der Waals surface area (Å²) in [6.45, 7) is 3.07. The van der Waals surface area contributed by atoms with Gasteiger partial charge >= 0.3 is 0 Å². The van der Waals surface area contributed by atoms with Crippen molar-refractivity contribution in [3.8, 4) is 34.7 Å². The number of hydrogen-bond acceptors (Lipinski definition) is 9. The zero-order valence-electron chi connectivity index (χ0n) is 16.2. The third-order valence-corrected chi connectivity index (χ3v) is 4.89. The molecule has 4 rings (SSSR count). The second-order valence-electron chi connectivity index (χ2n) is 6.81. The van der Waals surface area contributed by atoms with E-state index in [1.165, 1.54) is 12.1 Å². The molecular formula is C20H16FN7O3. The van der Waals surface area contributed by atoms with Crippen LogP contribution in [0.3, 0.4) is 0 Å². The molecule has 0 aliphatic carbocycles. The Hall–Kier alpha value is -4.06. The summed E-state index contributed by atoms with van der Waals surface area (Å²) in [6.07, 6.45) is 0. The number of H-pyrrole nitrogens is 1. The van der Waals surface area contributed by atoms with Crippen molar-refractivity contribution in [2.75, 3.05) is 32.0 Å². The van der Waals surface area contributed by atoms with E-state index in [0.717, 1.165) is 19.2 Å². The molecule has 10 nitrogen and oxygen atoms in total. The first kappa shape index (κ1) is 20.2. The number of anilines is 1. The first-order chi connectivity index (χ1) is 15.0. The highest BCUT2D eigenvalue weighted by Gasteiger charge is 2.21. The van der Waals surface area contributed by atoms with Crippen LogP contribution in [0.1, 0.15) is 17.0 Å². The zero-order valence-corrected chi connectivity index (χ0v) is 16.2. The molecule has 0 atom stereocenters. The van der Waals surface area contributed by atoms with Crippen LogP contribution in [0.4, 0.5) is 10.2 Å². The lowest BCUT2D eigenvalue weighted by Gasteiger charge is -2.24. The van der Waals surface area contributed by atoms with Crippen LogP contribution in [-0.4, -0.2) is 46.3 Å². The third-order valence-electron chi connectivity index (χ3n) is 4.89. The quantitative estimate of drug-likeness (QED) is 0.635. The monoisotopic (exact) mass is 421 g/mol. The van der Waals surface area contributed by atoms with Crippen LogP contribution in [0.5, 0.6) is 0 Å². The van der Waals surface area contributed by atoms with Gasteiger partial charge in [0.15, 0.2) is 0 Å². The van der Waals surface area contributed by atoms with Crippen LogP contribution >= 0.6 is 0 Å². The second kappa shape index (κ2) is 8.36. The summed E-state index contributed by atoms with van der Waals surface area (Å²) in [5.74, 6) is -0.480. The lowest BCUT2D eigenvalue weighted by atomic mass is 9.95. The molecule has 1 fully saturated rings. The number of nitrogens with two attached hydrogens (primary N) is 1. The van der Waals surface area contributed by atoms with Gasteiger partial charge in [0, 0.05) is 18.7 Å². The molecule has 1 saturated heterocycles. The number of hydrogen-bond donors (Lipinski definition) is 2. The Morgan fingerprint density at radius 3 is 2.68 bits per heavy atom. The molecule has 156 valence electrons. The maximum absolute atomic E-state index is 14.6. The number of nitrogen functional groups attached to an aromatic ring is 1. The lowest BCUT2D eigenvalue weighted by Crippen LogP contribution is -2.35. The van der Waals surface area contributed by atoms with Gasteiger partial charge in [-0.1, -0.05) is 11.2 Å². The zero-order chi connectivity index (χ0) is 22.0. The highest BCUT2D eigenvalue weighted by Crippen LogP contribution is 2.32. The van der Waals surface area contributed by atoms with E-state index < -0.39 is 11.4 Å². The molecule has 0 radical (unpaired) electrons. The number of nitrogens with zero attached hydrogens (tertiary/aromatic N) is 5. The van der Waals surface area contributed by atoms with Gasteiger partial charge in [-0.25, -0.2) is 4.39 Å². The first-order valence-electron chi connectivity index (χ1n) is 9.30. The average Bonchev–Trinajstić information content (AvgIpc) is 3.22. The number of halogens is 1. The first-order valence-corrected chi connectivity index (χ1v) is 9.30. The Kier molecular flexibility index (Phi) is 5.45. The lowest BCUT2D eigenvalue weighted by molar-refractivity contribution is 0.0297. The van der Waals surface area contributed by atoms with Crippen LogP contribution in [0, 0.1) is 28.5 Å². The van der Waals surface area contributed by atoms with Gasteiger partial charge in [-0.3, -0.25) is 9.69 Å². The van der Waals surface area contributed by atoms with Crippen LogP contribution in [0.2, 0.25) is 0 Å². The molecule has 0 amide bonds. The number of aromatic nitrogens is 3. The summed E-state index contributed by atoms with van der Waals surface area (Å²) < 4.78 is 25.2. The minimum atomic E-state index is -0.743. The predicted molar refractivity (Wildman–Crippen MR) is 106 cm³/mol. The largest absolute Gasteiger partial charge is 0.384 e. The summed E-state index contributed by atoms with van der Waals surface area (Å²) in [5.41, 5.74) is 4.89. The number of nitrogens with one attached hydrogen (secondary N) is 1. The SMILES string of the molecule is N#Cc1c(N)[nH]c(=O)c(C#N)c1-c1ccc(F)c(-c2noc(CN3CCOCC3)n2)c1. The van der Waals surface area contributed by atoms with Crippen molar-refractivity contribution >= 4 is 5.82 Å². The maximum Gasteiger partial charge on any atom is 0.268 e. The molecule has 11 heteroatoms. The second-order valence-corrected chi connectivity index (χ2v) is 6.81. The third kappa shape index (κ3) is 3.88. The Labute approximate surface area is 175 Å². The van der Waals surface area contributed by atoms with Crippen LogP contribution in [0.25, 0.3) is 22.5 Å². The summed E-state index contributed by atoms with van der Waals surface area (Å²) >= 11 is 0. The number of rotatable bonds is 4. The molecule has 1 aromatic carbocycles. The van der Waals surface area contributed by atoms with E-state index in [1.54, 1.807) is 6.07 Å². The minimum Gasteiger partial charge on any atom is -0.384 e. The standard InChI is InChI=1S/C20H16FN7O3/c21-15-2-1-11(17-13(8-22)18(24)26-20(29)14(17)9-23)7-12(15)19-25-16(31-27-19)10-28-3-5-30-6-4-28/h1-2,7H,3-6,10H2,(H3,24,26,29). The summed E-state index contributed by atoms with van der Waals surface area (Å²) in [4.78, 5) is 20.8. The Morgan fingerprint density at radius 2 is 1.97 bits per heavy atom. The molecule has 1 aliphatic rings. The number of nitriles is 2. The fourth-order valence-corrected chi connectivity index (χ4v) is 3.36. The van der Waals surface area contributed by atoms with Crippen molar-refractivity contribution in [2.24, 2.45) is 0 Å². The van der Waals surface area contributed by atoms with Gasteiger partial charge in [-0.05, 0) is 17.7 Å². The highest BCUT2D eigenvalue weighted by molar-refractivity contribution is 5.82. The van der Waals surface area contributed by atoms with Gasteiger partial charge in [0.05, 0.1) is 25.3 Å². The Bertz CT molecular complexity index is 1280. The van der Waals surface area contributed by atoms with Crippen molar-refractivity contribution in [1.82, 2.24) is 20.0 Å². The number of morpholine rings is 1. The molecule has 0 spiro atoms. The van der Waals surface area contributed by atoms with Crippen molar-refractivity contribution in [2.45, 2.75) is 6.54 Å². The Morgan fingerprint density at radius 1 is 1.23 bits per heavy atom. The molecule has 0 unspecified atom stereocenters. The molecule has 1 aliphatic heterocycles. The molecule has 3 aromatic rings. The van der Waals surface area contributed by atoms with Crippen LogP contribution in [0.15, 0.2) is 27.5 Å². The van der Waals surface area contributed by atoms with E-state index in [9.17, 15) is 19.7 Å². The van der Waals surface area contributed by atoms with Crippen molar-refractivity contribution < 1.29 is 13.7 Å². The van der Waals surface area contributed by atoms with Crippen molar-refractivity contribution in [1.29, 1.82) is 10.5 Å². The van der Waals surface area contributed by atoms with Crippen LogP contribution in [-0.2, 0) is 11.3 Å². The summed E-state index contributed by atoms with van der Waals surface area (Å²) in [7, 11) is 0. The van der Waals surface area contributed by atoms with E-state index in [0.29, 0.717) is 25.6 Å². The highest BCUT2D eigenvalue weighted by atomic mass is 19.1. The van der Waals surface area contributed by atoms with E-state index >= 15 is 0 Å². The molecule has 0 saturated carbocycles. The van der Waals surface area contributed by atoms with Gasteiger partial charge in [0.25, 0.3) is 5.56 Å². The number of ether oxygens (including phenoxy) is 1. The van der Waals surface area contributed by atoms with Gasteiger partial charge in [0.1, 0.15) is 34.9 Å². The number of aromatic amines is 1. The number of pyridine rings is 1. The molecule has 3 N–H and O–H groups in total. The van der Waals surface area contributed by atoms with Gasteiger partial charge < -0.3 is 20.0 Å². The van der Waals surface area contributed by atoms with Crippen molar-refractivity contribution in [3.05, 3.63) is 51.4 Å². The average molecular weight is 421 g/mol. The topological polar surface area (TPSA) is 158 Å². The normalized spacial score (nSPS) is 14.2. The fraction of sp³-hybridized carbons (Fsp3) is 0.250. The molecule has 31 heavy (non-hydrogen) atoms. The van der Waals surface area contributed by atoms with Crippen LogP contribution < -0.4 is 11.3 Å².